The molecule has 0 aliphatic carbocycles. The monoisotopic (exact) mass is 239 g/mol. The molecule has 17 heavy (non-hydrogen) atoms. The lowest BCUT2D eigenvalue weighted by Gasteiger charge is -2.19. The van der Waals surface area contributed by atoms with Gasteiger partial charge in [0.1, 0.15) is 5.72 Å². The Labute approximate surface area is 102 Å². The minimum Gasteiger partial charge on any atom is -0.493 e. The lowest BCUT2D eigenvalue weighted by atomic mass is 10.0. The Balaban J connectivity index is 2.96. The molecule has 1 rings (SSSR count). The molecule has 1 aromatic carbocycles. The minimum absolute atomic E-state index is 0.0672. The highest BCUT2D eigenvalue weighted by Crippen LogP contribution is 2.29. The fraction of sp³-hybridized carbons (Fsp3) is 0.538. The van der Waals surface area contributed by atoms with Gasteiger partial charge in [-0.3, -0.25) is 0 Å². The second-order valence-electron chi connectivity index (χ2n) is 4.69. The minimum atomic E-state index is -1.22. The van der Waals surface area contributed by atoms with E-state index < -0.39 is 5.72 Å². The zero-order valence-corrected chi connectivity index (χ0v) is 10.9. The van der Waals surface area contributed by atoms with Crippen molar-refractivity contribution in [2.24, 2.45) is 5.73 Å². The predicted molar refractivity (Wildman–Crippen MR) is 67.3 cm³/mol. The normalized spacial score (nSPS) is 14.5. The van der Waals surface area contributed by atoms with E-state index in [4.69, 9.17) is 15.2 Å². The van der Waals surface area contributed by atoms with E-state index in [2.05, 4.69) is 0 Å². The third-order valence-electron chi connectivity index (χ3n) is 2.15. The first-order valence-corrected chi connectivity index (χ1v) is 5.66. The van der Waals surface area contributed by atoms with Crippen molar-refractivity contribution in [2.75, 3.05) is 7.11 Å². The van der Waals surface area contributed by atoms with Crippen LogP contribution in [0.5, 0.6) is 11.5 Å². The Morgan fingerprint density at radius 3 is 2.47 bits per heavy atom. The number of aliphatic hydroxyl groups is 1. The quantitative estimate of drug-likeness (QED) is 0.767. The molecule has 0 aliphatic rings. The number of rotatable bonds is 5. The molecule has 96 valence electrons. The molecular formula is C13H21NO3. The molecule has 1 atom stereocenters. The molecule has 0 heterocycles. The van der Waals surface area contributed by atoms with Crippen LogP contribution in [0.15, 0.2) is 18.2 Å². The van der Waals surface area contributed by atoms with Crippen molar-refractivity contribution in [3.63, 3.8) is 0 Å². The van der Waals surface area contributed by atoms with Crippen molar-refractivity contribution in [3.8, 4) is 11.5 Å². The Kier molecular flexibility index (Phi) is 4.37. The molecular weight excluding hydrogens is 218 g/mol. The average molecular weight is 239 g/mol. The number of hydrogen-bond acceptors (Lipinski definition) is 4. The fourth-order valence-corrected chi connectivity index (χ4v) is 1.59. The molecule has 0 aliphatic heterocycles. The van der Waals surface area contributed by atoms with Crippen LogP contribution >= 0.6 is 0 Å². The van der Waals surface area contributed by atoms with Crippen molar-refractivity contribution >= 4 is 0 Å². The van der Waals surface area contributed by atoms with Crippen molar-refractivity contribution in [2.45, 2.75) is 39.0 Å². The van der Waals surface area contributed by atoms with Gasteiger partial charge < -0.3 is 20.3 Å². The SMILES string of the molecule is COc1ccc(CC(C)(N)O)cc1OC(C)C. The second-order valence-corrected chi connectivity index (χ2v) is 4.69. The van der Waals surface area contributed by atoms with Crippen LogP contribution < -0.4 is 15.2 Å². The van der Waals surface area contributed by atoms with Gasteiger partial charge in [-0.15, -0.1) is 0 Å². The van der Waals surface area contributed by atoms with Gasteiger partial charge in [-0.25, -0.2) is 0 Å². The lowest BCUT2D eigenvalue weighted by molar-refractivity contribution is 0.0676. The first-order valence-electron chi connectivity index (χ1n) is 5.66. The second kappa shape index (κ2) is 5.38. The molecule has 0 fully saturated rings. The highest BCUT2D eigenvalue weighted by atomic mass is 16.5. The zero-order valence-electron chi connectivity index (χ0n) is 10.9. The van der Waals surface area contributed by atoms with Crippen molar-refractivity contribution < 1.29 is 14.6 Å². The molecule has 4 nitrogen and oxygen atoms in total. The summed E-state index contributed by atoms with van der Waals surface area (Å²) < 4.78 is 10.9. The highest BCUT2D eigenvalue weighted by molar-refractivity contribution is 5.43. The molecule has 0 aromatic heterocycles. The zero-order chi connectivity index (χ0) is 13.1. The summed E-state index contributed by atoms with van der Waals surface area (Å²) in [5.41, 5.74) is 5.27. The van der Waals surface area contributed by atoms with Gasteiger partial charge in [0, 0.05) is 6.42 Å². The Morgan fingerprint density at radius 2 is 2.00 bits per heavy atom. The molecule has 0 saturated heterocycles. The first-order chi connectivity index (χ1) is 7.81. The number of benzene rings is 1. The van der Waals surface area contributed by atoms with Gasteiger partial charge in [-0.2, -0.15) is 0 Å². The molecule has 1 unspecified atom stereocenters. The van der Waals surface area contributed by atoms with E-state index in [1.807, 2.05) is 32.0 Å². The third-order valence-corrected chi connectivity index (χ3v) is 2.15. The number of nitrogens with two attached hydrogens (primary N) is 1. The topological polar surface area (TPSA) is 64.7 Å². The molecule has 4 heteroatoms. The Bertz CT molecular complexity index is 369. The maximum atomic E-state index is 9.58. The molecule has 0 radical (unpaired) electrons. The van der Waals surface area contributed by atoms with E-state index in [1.54, 1.807) is 14.0 Å². The summed E-state index contributed by atoms with van der Waals surface area (Å²) in [5.74, 6) is 1.35. The van der Waals surface area contributed by atoms with Crippen LogP contribution in [-0.4, -0.2) is 24.0 Å². The summed E-state index contributed by atoms with van der Waals surface area (Å²) in [4.78, 5) is 0. The molecule has 1 aromatic rings. The third kappa shape index (κ3) is 4.63. The van der Waals surface area contributed by atoms with Crippen LogP contribution in [-0.2, 0) is 6.42 Å². The van der Waals surface area contributed by atoms with E-state index in [-0.39, 0.29) is 6.10 Å². The van der Waals surface area contributed by atoms with Gasteiger partial charge in [0.05, 0.1) is 13.2 Å². The predicted octanol–water partition coefficient (Wildman–Crippen LogP) is 1.69. The summed E-state index contributed by atoms with van der Waals surface area (Å²) in [5, 5.41) is 9.58. The molecule has 0 bridgehead atoms. The van der Waals surface area contributed by atoms with Crippen LogP contribution in [0, 0.1) is 0 Å². The van der Waals surface area contributed by atoms with Crippen LogP contribution in [0.3, 0.4) is 0 Å². The Hall–Kier alpha value is -1.26. The van der Waals surface area contributed by atoms with Crippen LogP contribution in [0.4, 0.5) is 0 Å². The molecule has 3 N–H and O–H groups in total. The first kappa shape index (κ1) is 13.8. The summed E-state index contributed by atoms with van der Waals surface area (Å²) in [6, 6.07) is 5.53. The maximum absolute atomic E-state index is 9.58. The van der Waals surface area contributed by atoms with E-state index in [9.17, 15) is 5.11 Å². The smallest absolute Gasteiger partial charge is 0.161 e. The average Bonchev–Trinajstić information content (AvgIpc) is 2.14. The van der Waals surface area contributed by atoms with E-state index in [1.165, 1.54) is 0 Å². The van der Waals surface area contributed by atoms with Gasteiger partial charge in [-0.05, 0) is 38.5 Å². The lowest BCUT2D eigenvalue weighted by Crippen LogP contribution is -2.37. The van der Waals surface area contributed by atoms with Gasteiger partial charge in [0.2, 0.25) is 0 Å². The molecule has 0 spiro atoms. The number of ether oxygens (including phenoxy) is 2. The van der Waals surface area contributed by atoms with Crippen LogP contribution in [0.2, 0.25) is 0 Å². The largest absolute Gasteiger partial charge is 0.493 e. The van der Waals surface area contributed by atoms with Crippen LogP contribution in [0.25, 0.3) is 0 Å². The highest BCUT2D eigenvalue weighted by Gasteiger charge is 2.16. The van der Waals surface area contributed by atoms with Crippen molar-refractivity contribution in [3.05, 3.63) is 23.8 Å². The Morgan fingerprint density at radius 1 is 1.35 bits per heavy atom. The number of hydrogen-bond donors (Lipinski definition) is 2. The summed E-state index contributed by atoms with van der Waals surface area (Å²) in [6.07, 6.45) is 0.434. The summed E-state index contributed by atoms with van der Waals surface area (Å²) in [6.45, 7) is 5.47. The van der Waals surface area contributed by atoms with Gasteiger partial charge in [0.15, 0.2) is 11.5 Å². The van der Waals surface area contributed by atoms with Gasteiger partial charge in [-0.1, -0.05) is 6.07 Å². The van der Waals surface area contributed by atoms with Gasteiger partial charge in [0.25, 0.3) is 0 Å². The van der Waals surface area contributed by atoms with Crippen LogP contribution in [0.1, 0.15) is 26.3 Å². The van der Waals surface area contributed by atoms with E-state index in [0.717, 1.165) is 5.56 Å². The molecule has 0 amide bonds. The van der Waals surface area contributed by atoms with E-state index in [0.29, 0.717) is 17.9 Å². The maximum Gasteiger partial charge on any atom is 0.161 e. The van der Waals surface area contributed by atoms with Crippen molar-refractivity contribution in [1.82, 2.24) is 0 Å². The van der Waals surface area contributed by atoms with E-state index >= 15 is 0 Å². The molecule has 0 saturated carbocycles. The number of methoxy groups -OCH3 is 1. The fourth-order valence-electron chi connectivity index (χ4n) is 1.59. The van der Waals surface area contributed by atoms with Gasteiger partial charge >= 0.3 is 0 Å². The summed E-state index contributed by atoms with van der Waals surface area (Å²) in [7, 11) is 1.60. The van der Waals surface area contributed by atoms with Crippen molar-refractivity contribution in [1.29, 1.82) is 0 Å². The summed E-state index contributed by atoms with van der Waals surface area (Å²) >= 11 is 0. The standard InChI is InChI=1S/C13H21NO3/c1-9(2)17-12-7-10(8-13(3,14)15)5-6-11(12)16-4/h5-7,9,15H,8,14H2,1-4H3.